The molecule has 0 fully saturated rings. The number of hydrogen-bond donors (Lipinski definition) is 2. The van der Waals surface area contributed by atoms with Gasteiger partial charge in [0.1, 0.15) is 0 Å². The number of benzene rings is 1. The Morgan fingerprint density at radius 1 is 1.36 bits per heavy atom. The van der Waals surface area contributed by atoms with Crippen LogP contribution in [0.15, 0.2) is 18.2 Å². The second-order valence-corrected chi connectivity index (χ2v) is 8.68. The number of rotatable bonds is 4. The predicted octanol–water partition coefficient (Wildman–Crippen LogP) is 1.49. The van der Waals surface area contributed by atoms with E-state index in [-0.39, 0.29) is 6.17 Å². The summed E-state index contributed by atoms with van der Waals surface area (Å²) in [5.41, 5.74) is 15.2. The molecule has 5 nitrogen and oxygen atoms in total. The summed E-state index contributed by atoms with van der Waals surface area (Å²) in [4.78, 5) is 9.12. The van der Waals surface area contributed by atoms with Crippen LogP contribution in [0, 0.1) is 6.92 Å². The fraction of sp³-hybridized carbons (Fsp3) is 0.312. The summed E-state index contributed by atoms with van der Waals surface area (Å²) in [7, 11) is 0. The zero-order valence-corrected chi connectivity index (χ0v) is 16.4. The van der Waals surface area contributed by atoms with Crippen LogP contribution in [0.5, 0.6) is 0 Å². The Labute approximate surface area is 140 Å². The molecule has 3 rings (SSSR count). The van der Waals surface area contributed by atoms with E-state index in [0.717, 1.165) is 40.6 Å². The Kier molecular flexibility index (Phi) is 4.24. The van der Waals surface area contributed by atoms with Crippen LogP contribution in [-0.4, -0.2) is 41.5 Å². The molecule has 2 aromatic heterocycles. The summed E-state index contributed by atoms with van der Waals surface area (Å²) in [6, 6.07) is 6.35. The number of nitrogens with two attached hydrogens (primary N) is 2. The van der Waals surface area contributed by atoms with Crippen molar-refractivity contribution in [3.8, 4) is 0 Å². The molecule has 1 atom stereocenters. The van der Waals surface area contributed by atoms with Crippen LogP contribution in [0.2, 0.25) is 0 Å². The zero-order valence-electron chi connectivity index (χ0n) is 12.9. The van der Waals surface area contributed by atoms with Gasteiger partial charge in [-0.3, -0.25) is 0 Å². The van der Waals surface area contributed by atoms with Crippen molar-refractivity contribution in [2.45, 2.75) is 32.9 Å². The van der Waals surface area contributed by atoms with Crippen LogP contribution in [0.3, 0.4) is 0 Å². The first-order valence-electron chi connectivity index (χ1n) is 7.37. The van der Waals surface area contributed by atoms with Gasteiger partial charge in [-0.05, 0) is 0 Å². The van der Waals surface area contributed by atoms with E-state index in [2.05, 4.69) is 37.8 Å². The number of hydrogen-bond acceptors (Lipinski definition) is 4. The third-order valence-corrected chi connectivity index (χ3v) is 6.41. The monoisotopic (exact) mass is 491 g/mol. The summed E-state index contributed by atoms with van der Waals surface area (Å²) in [6.07, 6.45) is 1.84. The van der Waals surface area contributed by atoms with E-state index < -0.39 is 22.8 Å². The van der Waals surface area contributed by atoms with Gasteiger partial charge in [-0.25, -0.2) is 0 Å². The van der Waals surface area contributed by atoms with Crippen LogP contribution >= 0.6 is 0 Å². The third kappa shape index (κ3) is 2.44. The van der Waals surface area contributed by atoms with Gasteiger partial charge in [0.25, 0.3) is 0 Å². The molecule has 2 heterocycles. The molecule has 22 heavy (non-hydrogen) atoms. The molecule has 4 N–H and O–H groups in total. The molecule has 1 aromatic carbocycles. The summed E-state index contributed by atoms with van der Waals surface area (Å²) in [5.74, 6) is 1.36. The molecule has 0 saturated carbocycles. The first-order chi connectivity index (χ1) is 10.6. The quantitative estimate of drug-likeness (QED) is 0.542. The van der Waals surface area contributed by atoms with Crippen LogP contribution in [-0.2, 0) is 0 Å². The number of nitrogen functional groups attached to an aromatic ring is 1. The van der Waals surface area contributed by atoms with Gasteiger partial charge < -0.3 is 0 Å². The van der Waals surface area contributed by atoms with E-state index in [9.17, 15) is 0 Å². The van der Waals surface area contributed by atoms with Crippen LogP contribution in [0.25, 0.3) is 21.9 Å². The number of nitrogens with zero attached hydrogens (tertiary/aromatic N) is 3. The van der Waals surface area contributed by atoms with E-state index in [4.69, 9.17) is 11.5 Å². The molecular formula is C16H20BiN5. The summed E-state index contributed by atoms with van der Waals surface area (Å²) >= 11 is -0.840. The molecular weight excluding hydrogens is 471 g/mol. The molecule has 0 saturated heterocycles. The van der Waals surface area contributed by atoms with Crippen molar-refractivity contribution in [3.63, 3.8) is 0 Å². The molecule has 0 bridgehead atoms. The minimum atomic E-state index is -0.840. The van der Waals surface area contributed by atoms with E-state index in [0.29, 0.717) is 5.82 Å². The van der Waals surface area contributed by atoms with Crippen molar-refractivity contribution in [1.82, 2.24) is 14.5 Å². The number of aryl methyl sites for hydroxylation is 1. The molecule has 0 aliphatic heterocycles. The number of fused-ring (bicyclic) bond motifs is 3. The summed E-state index contributed by atoms with van der Waals surface area (Å²) < 4.78 is 7.59. The number of imidazole rings is 1. The Balaban J connectivity index is 2.44. The SMILES string of the molecule is [CH2]=[Bi][c]1ccc2nc(N)c3nc(C)n(C(N)CCC)c3c2c1. The normalized spacial score (nSPS) is 12.9. The molecule has 0 aliphatic carbocycles. The van der Waals surface area contributed by atoms with Crippen LogP contribution < -0.4 is 14.7 Å². The van der Waals surface area contributed by atoms with Gasteiger partial charge in [-0.15, -0.1) is 0 Å². The minimum absolute atomic E-state index is 0.0932. The van der Waals surface area contributed by atoms with Gasteiger partial charge in [0.15, 0.2) is 0 Å². The molecule has 1 unspecified atom stereocenters. The molecule has 3 aromatic rings. The number of aromatic nitrogens is 3. The number of pyridine rings is 1. The van der Waals surface area contributed by atoms with Gasteiger partial charge >= 0.3 is 141 Å². The average molecular weight is 491 g/mol. The van der Waals surface area contributed by atoms with Gasteiger partial charge in [0.05, 0.1) is 0 Å². The summed E-state index contributed by atoms with van der Waals surface area (Å²) in [5, 5.41) is 1.08. The molecule has 0 radical (unpaired) electrons. The second kappa shape index (κ2) is 6.01. The van der Waals surface area contributed by atoms with E-state index in [1.54, 1.807) is 0 Å². The Morgan fingerprint density at radius 3 is 2.82 bits per heavy atom. The predicted molar refractivity (Wildman–Crippen MR) is 94.8 cm³/mol. The molecule has 6 heteroatoms. The van der Waals surface area contributed by atoms with Gasteiger partial charge in [0, 0.05) is 0 Å². The molecule has 0 amide bonds. The fourth-order valence-corrected chi connectivity index (χ4v) is 4.46. The topological polar surface area (TPSA) is 82.8 Å². The van der Waals surface area contributed by atoms with Crippen molar-refractivity contribution in [1.29, 1.82) is 0 Å². The fourth-order valence-electron chi connectivity index (χ4n) is 2.90. The average Bonchev–Trinajstić information content (AvgIpc) is 2.85. The molecule has 0 aliphatic rings. The summed E-state index contributed by atoms with van der Waals surface area (Å²) in [6.45, 7) is 4.11. The van der Waals surface area contributed by atoms with Crippen LogP contribution in [0.1, 0.15) is 31.8 Å². The maximum absolute atomic E-state index is 6.39. The standard InChI is InChI=1S/C15H18N5.CH2.Bi/c1-3-6-12(16)20-9(2)18-13-14(20)10-7-4-5-8-11(10)19-15(13)17;;/h5,7-8,12H,3,6,16H2,1-2H3,(H2,17,19);1H2;. The first kappa shape index (κ1) is 15.5. The Hall–Kier alpha value is -1.39. The van der Waals surface area contributed by atoms with E-state index in [1.807, 2.05) is 13.0 Å². The second-order valence-electron chi connectivity index (χ2n) is 5.44. The number of anilines is 1. The third-order valence-electron chi connectivity index (χ3n) is 3.90. The van der Waals surface area contributed by atoms with Crippen LogP contribution in [0.4, 0.5) is 5.82 Å². The first-order valence-corrected chi connectivity index (χ1v) is 11.6. The van der Waals surface area contributed by atoms with Gasteiger partial charge in [0.2, 0.25) is 0 Å². The van der Waals surface area contributed by atoms with Crippen molar-refractivity contribution < 1.29 is 0 Å². The molecule has 0 spiro atoms. The molecule has 114 valence electrons. The van der Waals surface area contributed by atoms with Crippen molar-refractivity contribution in [2.24, 2.45) is 5.73 Å². The zero-order chi connectivity index (χ0) is 15.9. The van der Waals surface area contributed by atoms with Gasteiger partial charge in [-0.1, -0.05) is 0 Å². The van der Waals surface area contributed by atoms with Crippen molar-refractivity contribution in [2.75, 3.05) is 5.73 Å². The Bertz CT molecular complexity index is 868. The van der Waals surface area contributed by atoms with E-state index in [1.165, 1.54) is 3.27 Å². The van der Waals surface area contributed by atoms with E-state index >= 15 is 0 Å². The Morgan fingerprint density at radius 2 is 2.14 bits per heavy atom. The van der Waals surface area contributed by atoms with Crippen molar-refractivity contribution >= 4 is 58.0 Å². The van der Waals surface area contributed by atoms with Gasteiger partial charge in [-0.2, -0.15) is 0 Å². The van der Waals surface area contributed by atoms with Crippen molar-refractivity contribution in [3.05, 3.63) is 24.0 Å². The maximum atomic E-state index is 6.39.